The van der Waals surface area contributed by atoms with Crippen molar-refractivity contribution in [1.82, 2.24) is 9.55 Å². The van der Waals surface area contributed by atoms with E-state index in [1.807, 2.05) is 37.3 Å². The highest BCUT2D eigenvalue weighted by atomic mass is 19.2. The standard InChI is InChI=1S/C17H13F2N3O/c1-11-2-4-12(5-3-11)23-10-17-21-15-8-13(18)14(19)9-16(15)22(17)7-6-20/h2-5,8-9H,7,10H2,1H3. The van der Waals surface area contributed by atoms with E-state index in [2.05, 4.69) is 4.98 Å². The maximum absolute atomic E-state index is 13.4. The molecule has 0 bridgehead atoms. The minimum absolute atomic E-state index is 0.0197. The van der Waals surface area contributed by atoms with E-state index in [1.54, 1.807) is 0 Å². The van der Waals surface area contributed by atoms with E-state index in [1.165, 1.54) is 4.57 Å². The molecule has 6 heteroatoms. The molecule has 0 radical (unpaired) electrons. The van der Waals surface area contributed by atoms with Crippen molar-refractivity contribution >= 4 is 11.0 Å². The lowest BCUT2D eigenvalue weighted by atomic mass is 10.2. The number of nitrogens with zero attached hydrogens (tertiary/aromatic N) is 3. The van der Waals surface area contributed by atoms with Crippen LogP contribution >= 0.6 is 0 Å². The van der Waals surface area contributed by atoms with Gasteiger partial charge in [0, 0.05) is 12.1 Å². The SMILES string of the molecule is Cc1ccc(OCc2nc3cc(F)c(F)cc3n2CC#N)cc1. The Morgan fingerprint density at radius 3 is 2.57 bits per heavy atom. The van der Waals surface area contributed by atoms with E-state index in [4.69, 9.17) is 10.00 Å². The number of aryl methyl sites for hydroxylation is 1. The first kappa shape index (κ1) is 15.0. The highest BCUT2D eigenvalue weighted by Gasteiger charge is 2.14. The number of nitriles is 1. The van der Waals surface area contributed by atoms with Crippen LogP contribution in [0.3, 0.4) is 0 Å². The number of fused-ring (bicyclic) bond motifs is 1. The molecule has 0 aliphatic rings. The lowest BCUT2D eigenvalue weighted by Gasteiger charge is -2.07. The monoisotopic (exact) mass is 313 g/mol. The summed E-state index contributed by atoms with van der Waals surface area (Å²) in [5, 5.41) is 8.95. The van der Waals surface area contributed by atoms with Crippen LogP contribution in [0.1, 0.15) is 11.4 Å². The van der Waals surface area contributed by atoms with Gasteiger partial charge in [-0.15, -0.1) is 0 Å². The zero-order valence-electron chi connectivity index (χ0n) is 12.4. The van der Waals surface area contributed by atoms with Gasteiger partial charge in [-0.25, -0.2) is 13.8 Å². The number of aromatic nitrogens is 2. The molecule has 1 aromatic heterocycles. The summed E-state index contributed by atoms with van der Waals surface area (Å²) in [5.41, 5.74) is 1.77. The smallest absolute Gasteiger partial charge is 0.161 e. The van der Waals surface area contributed by atoms with Crippen molar-refractivity contribution in [3.8, 4) is 11.8 Å². The number of imidazole rings is 1. The fourth-order valence-electron chi connectivity index (χ4n) is 2.31. The predicted octanol–water partition coefficient (Wildman–Crippen LogP) is 3.73. The van der Waals surface area contributed by atoms with Gasteiger partial charge >= 0.3 is 0 Å². The fourth-order valence-corrected chi connectivity index (χ4v) is 2.31. The van der Waals surface area contributed by atoms with Gasteiger partial charge in [-0.05, 0) is 19.1 Å². The molecule has 0 aliphatic carbocycles. The van der Waals surface area contributed by atoms with Gasteiger partial charge in [-0.1, -0.05) is 17.7 Å². The second-order valence-corrected chi connectivity index (χ2v) is 5.13. The van der Waals surface area contributed by atoms with E-state index >= 15 is 0 Å². The van der Waals surface area contributed by atoms with Crippen molar-refractivity contribution in [3.63, 3.8) is 0 Å². The Bertz CT molecular complexity index is 895. The molecule has 0 N–H and O–H groups in total. The van der Waals surface area contributed by atoms with Crippen molar-refractivity contribution in [2.45, 2.75) is 20.1 Å². The Labute approximate surface area is 131 Å². The number of ether oxygens (including phenoxy) is 1. The van der Waals surface area contributed by atoms with Gasteiger partial charge in [0.1, 0.15) is 24.7 Å². The molecule has 1 heterocycles. The highest BCUT2D eigenvalue weighted by molar-refractivity contribution is 5.76. The molecular formula is C17H13F2N3O. The number of hydrogen-bond donors (Lipinski definition) is 0. The number of benzene rings is 2. The first-order valence-corrected chi connectivity index (χ1v) is 6.99. The van der Waals surface area contributed by atoms with Crippen LogP contribution in [0, 0.1) is 29.9 Å². The topological polar surface area (TPSA) is 50.8 Å². The molecule has 0 unspecified atom stereocenters. The maximum Gasteiger partial charge on any atom is 0.161 e. The second-order valence-electron chi connectivity index (χ2n) is 5.13. The summed E-state index contributed by atoms with van der Waals surface area (Å²) >= 11 is 0. The predicted molar refractivity (Wildman–Crippen MR) is 80.8 cm³/mol. The van der Waals surface area contributed by atoms with E-state index in [0.717, 1.165) is 17.7 Å². The molecule has 0 amide bonds. The fraction of sp³-hybridized carbons (Fsp3) is 0.176. The summed E-state index contributed by atoms with van der Waals surface area (Å²) in [4.78, 5) is 4.25. The zero-order valence-corrected chi connectivity index (χ0v) is 12.4. The normalized spacial score (nSPS) is 10.7. The number of halogens is 2. The Kier molecular flexibility index (Phi) is 3.94. The summed E-state index contributed by atoms with van der Waals surface area (Å²) in [5.74, 6) is -0.844. The van der Waals surface area contributed by atoms with Crippen LogP contribution in [0.5, 0.6) is 5.75 Å². The van der Waals surface area contributed by atoms with Crippen LogP contribution in [0.15, 0.2) is 36.4 Å². The van der Waals surface area contributed by atoms with Crippen molar-refractivity contribution in [3.05, 3.63) is 59.4 Å². The third-order valence-electron chi connectivity index (χ3n) is 3.49. The molecule has 0 aliphatic heterocycles. The minimum Gasteiger partial charge on any atom is -0.486 e. The molecule has 0 spiro atoms. The Morgan fingerprint density at radius 2 is 1.87 bits per heavy atom. The molecule has 2 aromatic carbocycles. The molecule has 116 valence electrons. The van der Waals surface area contributed by atoms with Crippen molar-refractivity contribution in [2.24, 2.45) is 0 Å². The van der Waals surface area contributed by atoms with Crippen LogP contribution in [-0.4, -0.2) is 9.55 Å². The van der Waals surface area contributed by atoms with Gasteiger partial charge in [-0.3, -0.25) is 0 Å². The van der Waals surface area contributed by atoms with Gasteiger partial charge in [0.25, 0.3) is 0 Å². The van der Waals surface area contributed by atoms with Gasteiger partial charge in [0.15, 0.2) is 11.6 Å². The highest BCUT2D eigenvalue weighted by Crippen LogP contribution is 2.21. The largest absolute Gasteiger partial charge is 0.486 e. The van der Waals surface area contributed by atoms with E-state index in [0.29, 0.717) is 22.6 Å². The van der Waals surface area contributed by atoms with Gasteiger partial charge in [0.2, 0.25) is 0 Å². The van der Waals surface area contributed by atoms with Crippen molar-refractivity contribution < 1.29 is 13.5 Å². The van der Waals surface area contributed by atoms with Gasteiger partial charge in [0.05, 0.1) is 17.1 Å². The molecule has 3 rings (SSSR count). The molecule has 0 atom stereocenters. The molecule has 23 heavy (non-hydrogen) atoms. The van der Waals surface area contributed by atoms with E-state index in [9.17, 15) is 8.78 Å². The summed E-state index contributed by atoms with van der Waals surface area (Å²) in [7, 11) is 0. The molecule has 3 aromatic rings. The minimum atomic E-state index is -0.970. The lowest BCUT2D eigenvalue weighted by molar-refractivity contribution is 0.291. The van der Waals surface area contributed by atoms with E-state index in [-0.39, 0.29) is 13.2 Å². The molecule has 0 saturated carbocycles. The molecule has 0 saturated heterocycles. The number of rotatable bonds is 4. The second kappa shape index (κ2) is 6.05. The Hall–Kier alpha value is -2.94. The number of hydrogen-bond acceptors (Lipinski definition) is 3. The lowest BCUT2D eigenvalue weighted by Crippen LogP contribution is -2.06. The van der Waals surface area contributed by atoms with Crippen LogP contribution in [0.25, 0.3) is 11.0 Å². The van der Waals surface area contributed by atoms with Gasteiger partial charge < -0.3 is 9.30 Å². The summed E-state index contributed by atoms with van der Waals surface area (Å²) in [6.45, 7) is 2.05. The third-order valence-corrected chi connectivity index (χ3v) is 3.49. The first-order valence-electron chi connectivity index (χ1n) is 6.99. The van der Waals surface area contributed by atoms with Crippen LogP contribution in [0.4, 0.5) is 8.78 Å². The van der Waals surface area contributed by atoms with Crippen LogP contribution in [-0.2, 0) is 13.2 Å². The van der Waals surface area contributed by atoms with E-state index < -0.39 is 11.6 Å². The molecule has 4 nitrogen and oxygen atoms in total. The quantitative estimate of drug-likeness (QED) is 0.737. The van der Waals surface area contributed by atoms with Crippen LogP contribution in [0.2, 0.25) is 0 Å². The average Bonchev–Trinajstić information content (AvgIpc) is 2.85. The summed E-state index contributed by atoms with van der Waals surface area (Å²) in [6, 6.07) is 11.5. The van der Waals surface area contributed by atoms with Crippen molar-refractivity contribution in [2.75, 3.05) is 0 Å². The molecule has 0 fully saturated rings. The molecular weight excluding hydrogens is 300 g/mol. The summed E-state index contributed by atoms with van der Waals surface area (Å²) in [6.07, 6.45) is 0. The third kappa shape index (κ3) is 2.99. The van der Waals surface area contributed by atoms with Gasteiger partial charge in [-0.2, -0.15) is 5.26 Å². The first-order chi connectivity index (χ1) is 11.1. The average molecular weight is 313 g/mol. The Morgan fingerprint density at radius 1 is 1.17 bits per heavy atom. The maximum atomic E-state index is 13.4. The van der Waals surface area contributed by atoms with Crippen molar-refractivity contribution in [1.29, 1.82) is 5.26 Å². The summed E-state index contributed by atoms with van der Waals surface area (Å²) < 4.78 is 33.9. The van der Waals surface area contributed by atoms with Crippen LogP contribution < -0.4 is 4.74 Å². The zero-order chi connectivity index (χ0) is 16.4. The Balaban J connectivity index is 1.94.